The minimum absolute atomic E-state index is 0. The summed E-state index contributed by atoms with van der Waals surface area (Å²) in [7, 11) is -1.31. The molecule has 32 heavy (non-hydrogen) atoms. The van der Waals surface area contributed by atoms with E-state index in [-0.39, 0.29) is 31.0 Å². The first kappa shape index (κ1) is 22.3. The quantitative estimate of drug-likeness (QED) is 0.468. The molecule has 166 valence electrons. The largest absolute Gasteiger partial charge is 0.368 e. The van der Waals surface area contributed by atoms with Gasteiger partial charge in [-0.2, -0.15) is 23.6 Å². The lowest BCUT2D eigenvalue weighted by Crippen LogP contribution is -2.45. The monoisotopic (exact) mass is 489 g/mol. The molecule has 5 rings (SSSR count). The van der Waals surface area contributed by atoms with Gasteiger partial charge in [-0.25, -0.2) is 9.50 Å². The van der Waals surface area contributed by atoms with E-state index in [1.54, 1.807) is 23.1 Å². The van der Waals surface area contributed by atoms with Gasteiger partial charge in [-0.1, -0.05) is 29.8 Å². The number of nitrogen functional groups attached to an aromatic ring is 1. The van der Waals surface area contributed by atoms with Crippen LogP contribution >= 0.6 is 25.1 Å². The van der Waals surface area contributed by atoms with E-state index in [0.717, 1.165) is 6.42 Å². The highest BCUT2D eigenvalue weighted by atomic mass is 35.5. The van der Waals surface area contributed by atoms with Crippen molar-refractivity contribution in [1.82, 2.24) is 24.1 Å². The number of fused-ring (bicyclic) bond motifs is 1. The fourth-order valence-electron chi connectivity index (χ4n) is 3.78. The number of para-hydroxylation sites is 1. The van der Waals surface area contributed by atoms with Crippen molar-refractivity contribution in [1.29, 1.82) is 0 Å². The molecule has 1 aliphatic heterocycles. The van der Waals surface area contributed by atoms with Crippen LogP contribution in [0.1, 0.15) is 18.3 Å². The zero-order valence-electron chi connectivity index (χ0n) is 17.0. The lowest BCUT2D eigenvalue weighted by atomic mass is 10.0. The van der Waals surface area contributed by atoms with Crippen molar-refractivity contribution in [3.8, 4) is 5.69 Å². The van der Waals surface area contributed by atoms with Gasteiger partial charge < -0.3 is 10.6 Å². The topological polar surface area (TPSA) is 111 Å². The summed E-state index contributed by atoms with van der Waals surface area (Å²) in [6.45, 7) is 0.653. The van der Waals surface area contributed by atoms with Crippen LogP contribution in [0.3, 0.4) is 0 Å². The van der Waals surface area contributed by atoms with Crippen molar-refractivity contribution in [2.45, 2.75) is 17.4 Å². The second kappa shape index (κ2) is 8.57. The number of halogens is 1. The Bertz CT molecular complexity index is 1390. The Balaban J connectivity index is 0.00000245. The summed E-state index contributed by atoms with van der Waals surface area (Å²) >= 11 is 6.27. The molecule has 2 N–H and O–H groups in total. The number of rotatable bonds is 4. The first-order chi connectivity index (χ1) is 15.0. The highest BCUT2D eigenvalue weighted by Crippen LogP contribution is 2.38. The molecular formula is C20H20ClN7O2S2. The minimum atomic E-state index is -1.31. The van der Waals surface area contributed by atoms with E-state index in [9.17, 15) is 9.00 Å². The number of nitrogens with zero attached hydrogens (tertiary/aromatic N) is 6. The summed E-state index contributed by atoms with van der Waals surface area (Å²) in [5.41, 5.74) is 6.54. The fourth-order valence-corrected chi connectivity index (χ4v) is 4.63. The predicted octanol–water partition coefficient (Wildman–Crippen LogP) is 2.31. The first-order valence-corrected chi connectivity index (χ1v) is 11.5. The fraction of sp³-hybridized carbons (Fsp3) is 0.200. The van der Waals surface area contributed by atoms with Crippen molar-refractivity contribution in [3.63, 3.8) is 0 Å². The van der Waals surface area contributed by atoms with E-state index in [2.05, 4.69) is 9.97 Å². The molecule has 1 fully saturated rings. The summed E-state index contributed by atoms with van der Waals surface area (Å²) in [6, 6.07) is 10.7. The SMILES string of the molecule is CS(=O)c1cnc(N)nc1N1CC[C@H]1c1nn2ccc(Cl)c2c(=O)n1-c1ccccc1.S. The summed E-state index contributed by atoms with van der Waals surface area (Å²) in [6.07, 6.45) is 5.45. The van der Waals surface area contributed by atoms with Crippen molar-refractivity contribution >= 4 is 53.2 Å². The van der Waals surface area contributed by atoms with Gasteiger partial charge in [-0.3, -0.25) is 13.6 Å². The van der Waals surface area contributed by atoms with Gasteiger partial charge >= 0.3 is 0 Å². The third-order valence-electron chi connectivity index (χ3n) is 5.33. The summed E-state index contributed by atoms with van der Waals surface area (Å²) in [5, 5.41) is 5.07. The first-order valence-electron chi connectivity index (χ1n) is 9.53. The van der Waals surface area contributed by atoms with Gasteiger partial charge in [0.2, 0.25) is 5.95 Å². The zero-order chi connectivity index (χ0) is 21.7. The van der Waals surface area contributed by atoms with Crippen molar-refractivity contribution < 1.29 is 4.21 Å². The van der Waals surface area contributed by atoms with E-state index in [0.29, 0.717) is 39.3 Å². The smallest absolute Gasteiger partial charge is 0.284 e. The van der Waals surface area contributed by atoms with Crippen LogP contribution in [0.2, 0.25) is 5.02 Å². The van der Waals surface area contributed by atoms with Crippen LogP contribution in [0.25, 0.3) is 11.2 Å². The Hall–Kier alpha value is -2.89. The molecule has 12 heteroatoms. The van der Waals surface area contributed by atoms with Crippen LogP contribution in [0.4, 0.5) is 11.8 Å². The molecule has 0 aliphatic carbocycles. The highest BCUT2D eigenvalue weighted by Gasteiger charge is 2.37. The van der Waals surface area contributed by atoms with Gasteiger partial charge in [-0.15, -0.1) is 0 Å². The Kier molecular flexibility index (Phi) is 5.97. The number of hydrogen-bond donors (Lipinski definition) is 1. The number of aromatic nitrogens is 5. The summed E-state index contributed by atoms with van der Waals surface area (Å²) in [4.78, 5) is 24.2. The minimum Gasteiger partial charge on any atom is -0.368 e. The van der Waals surface area contributed by atoms with Crippen LogP contribution in [-0.4, -0.2) is 41.2 Å². The standard InChI is InChI=1S/C20H18ClN7O2S.H2S/c1-31(30)15-11-23-20(22)24-18(15)26-9-8-14(26)17-25-27-10-7-13(21)16(27)19(29)28(17)12-5-3-2-4-6-12;/h2-7,10-11,14H,8-9H2,1H3,(H2,22,23,24);1H2/t14-,31?;/m0./s1. The molecule has 0 radical (unpaired) electrons. The molecular weight excluding hydrogens is 470 g/mol. The van der Waals surface area contributed by atoms with E-state index < -0.39 is 10.8 Å². The molecule has 0 bridgehead atoms. The van der Waals surface area contributed by atoms with Gasteiger partial charge in [0.1, 0.15) is 5.52 Å². The third-order valence-corrected chi connectivity index (χ3v) is 6.54. The Morgan fingerprint density at radius 2 is 1.97 bits per heavy atom. The van der Waals surface area contributed by atoms with Crippen LogP contribution in [0.15, 0.2) is 58.5 Å². The lowest BCUT2D eigenvalue weighted by Gasteiger charge is -2.42. The van der Waals surface area contributed by atoms with Gasteiger partial charge in [-0.05, 0) is 24.6 Å². The normalized spacial score (nSPS) is 16.4. The van der Waals surface area contributed by atoms with Crippen LogP contribution in [-0.2, 0) is 10.8 Å². The molecule has 1 saturated heterocycles. The molecule has 9 nitrogen and oxygen atoms in total. The second-order valence-corrected chi connectivity index (χ2v) is 8.91. The number of hydrogen-bond acceptors (Lipinski definition) is 7. The Morgan fingerprint density at radius 3 is 2.62 bits per heavy atom. The zero-order valence-corrected chi connectivity index (χ0v) is 19.5. The lowest BCUT2D eigenvalue weighted by molar-refractivity contribution is 0.420. The van der Waals surface area contributed by atoms with Gasteiger partial charge in [0.25, 0.3) is 5.56 Å². The van der Waals surface area contributed by atoms with E-state index >= 15 is 0 Å². The highest BCUT2D eigenvalue weighted by molar-refractivity contribution is 7.84. The second-order valence-electron chi connectivity index (χ2n) is 7.16. The predicted molar refractivity (Wildman–Crippen MR) is 130 cm³/mol. The molecule has 2 atom stereocenters. The van der Waals surface area contributed by atoms with Crippen LogP contribution in [0, 0.1) is 0 Å². The Labute approximate surface area is 197 Å². The average Bonchev–Trinajstić information content (AvgIpc) is 3.09. The maximum absolute atomic E-state index is 13.5. The molecule has 3 aromatic heterocycles. The van der Waals surface area contributed by atoms with E-state index in [4.69, 9.17) is 22.4 Å². The molecule has 1 aliphatic rings. The van der Waals surface area contributed by atoms with Gasteiger partial charge in [0.05, 0.1) is 38.6 Å². The average molecular weight is 490 g/mol. The number of benzene rings is 1. The van der Waals surface area contributed by atoms with Crippen LogP contribution < -0.4 is 16.2 Å². The molecule has 1 aromatic carbocycles. The van der Waals surface area contributed by atoms with Gasteiger partial charge in [0.15, 0.2) is 11.6 Å². The summed E-state index contributed by atoms with van der Waals surface area (Å²) in [5.74, 6) is 1.12. The van der Waals surface area contributed by atoms with E-state index in [1.807, 2.05) is 35.2 Å². The van der Waals surface area contributed by atoms with E-state index in [1.165, 1.54) is 10.7 Å². The molecule has 4 heterocycles. The van der Waals surface area contributed by atoms with Crippen molar-refractivity contribution in [2.24, 2.45) is 0 Å². The summed E-state index contributed by atoms with van der Waals surface area (Å²) < 4.78 is 15.3. The Morgan fingerprint density at radius 1 is 1.22 bits per heavy atom. The maximum Gasteiger partial charge on any atom is 0.284 e. The molecule has 1 unspecified atom stereocenters. The molecule has 0 saturated carbocycles. The molecule has 0 amide bonds. The maximum atomic E-state index is 13.5. The van der Waals surface area contributed by atoms with Gasteiger partial charge in [0, 0.05) is 19.0 Å². The number of nitrogens with two attached hydrogens (primary N) is 1. The van der Waals surface area contributed by atoms with Crippen molar-refractivity contribution in [2.75, 3.05) is 23.4 Å². The third kappa shape index (κ3) is 3.55. The van der Waals surface area contributed by atoms with Crippen molar-refractivity contribution in [3.05, 3.63) is 70.0 Å². The number of anilines is 2. The molecule has 0 spiro atoms. The van der Waals surface area contributed by atoms with Crippen LogP contribution in [0.5, 0.6) is 0 Å². The molecule has 4 aromatic rings.